The van der Waals surface area contributed by atoms with Crippen LogP contribution in [0.5, 0.6) is 5.75 Å². The molecule has 0 spiro atoms. The van der Waals surface area contributed by atoms with Crippen molar-refractivity contribution in [3.8, 4) is 28.3 Å². The normalized spacial score (nSPS) is 15.3. The van der Waals surface area contributed by atoms with Crippen molar-refractivity contribution >= 4 is 11.0 Å². The third-order valence-electron chi connectivity index (χ3n) is 5.23. The smallest absolute Gasteiger partial charge is 0.182 e. The summed E-state index contributed by atoms with van der Waals surface area (Å²) in [7, 11) is 0. The van der Waals surface area contributed by atoms with E-state index >= 15 is 0 Å². The molecular formula is C20H19FN6O. The highest BCUT2D eigenvalue weighted by atomic mass is 19.1. The van der Waals surface area contributed by atoms with Crippen LogP contribution in [0.15, 0.2) is 42.7 Å². The fourth-order valence-corrected chi connectivity index (χ4v) is 3.68. The van der Waals surface area contributed by atoms with Gasteiger partial charge in [-0.2, -0.15) is 10.2 Å². The van der Waals surface area contributed by atoms with Crippen LogP contribution in [0, 0.1) is 5.82 Å². The number of nitrogens with zero attached hydrogens (tertiary/aromatic N) is 4. The molecule has 1 aliphatic rings. The van der Waals surface area contributed by atoms with Crippen LogP contribution in [0.1, 0.15) is 18.9 Å². The molecule has 0 amide bonds. The van der Waals surface area contributed by atoms with Gasteiger partial charge in [0.2, 0.25) is 0 Å². The fourth-order valence-electron chi connectivity index (χ4n) is 3.68. The quantitative estimate of drug-likeness (QED) is 0.509. The van der Waals surface area contributed by atoms with Crippen LogP contribution >= 0.6 is 0 Å². The third-order valence-corrected chi connectivity index (χ3v) is 5.23. The number of rotatable bonds is 3. The van der Waals surface area contributed by atoms with Gasteiger partial charge in [-0.05, 0) is 56.3 Å². The van der Waals surface area contributed by atoms with E-state index in [-0.39, 0.29) is 5.75 Å². The van der Waals surface area contributed by atoms with Crippen LogP contribution in [0.25, 0.3) is 33.5 Å². The molecule has 0 radical (unpaired) electrons. The van der Waals surface area contributed by atoms with Gasteiger partial charge >= 0.3 is 0 Å². The van der Waals surface area contributed by atoms with Gasteiger partial charge in [0.1, 0.15) is 0 Å². The second-order valence-electron chi connectivity index (χ2n) is 7.02. The minimum Gasteiger partial charge on any atom is -0.505 e. The third kappa shape index (κ3) is 2.91. The molecule has 3 aromatic heterocycles. The van der Waals surface area contributed by atoms with Crippen LogP contribution in [-0.4, -0.2) is 43.2 Å². The molecule has 142 valence electrons. The Balaban J connectivity index is 1.48. The molecule has 7 nitrogen and oxygen atoms in total. The summed E-state index contributed by atoms with van der Waals surface area (Å²) in [6, 6.07) is 8.37. The summed E-state index contributed by atoms with van der Waals surface area (Å²) in [4.78, 5) is 4.53. The summed E-state index contributed by atoms with van der Waals surface area (Å²) in [5, 5.41) is 25.5. The molecule has 3 N–H and O–H groups in total. The number of aromatic amines is 1. The van der Waals surface area contributed by atoms with Gasteiger partial charge in [-0.3, -0.25) is 9.78 Å². The van der Waals surface area contributed by atoms with E-state index in [1.807, 2.05) is 29.2 Å². The SMILES string of the molecule is Oc1ccc(-c2ccc3c(-c4cnn(C5CCNCC5)c4)[nH]nc3n2)cc1F. The fraction of sp³-hybridized carbons (Fsp3) is 0.250. The average molecular weight is 378 g/mol. The minimum atomic E-state index is -0.674. The first-order valence-electron chi connectivity index (χ1n) is 9.28. The van der Waals surface area contributed by atoms with Crippen LogP contribution < -0.4 is 5.32 Å². The molecule has 0 unspecified atom stereocenters. The maximum Gasteiger partial charge on any atom is 0.182 e. The first-order valence-corrected chi connectivity index (χ1v) is 9.28. The molecule has 28 heavy (non-hydrogen) atoms. The Morgan fingerprint density at radius 1 is 1.11 bits per heavy atom. The van der Waals surface area contributed by atoms with Gasteiger partial charge in [0.15, 0.2) is 17.2 Å². The molecule has 1 aliphatic heterocycles. The Bertz CT molecular complexity index is 1140. The number of piperidine rings is 1. The van der Waals surface area contributed by atoms with E-state index < -0.39 is 5.82 Å². The van der Waals surface area contributed by atoms with Gasteiger partial charge in [-0.25, -0.2) is 9.37 Å². The predicted octanol–water partition coefficient (Wildman–Crippen LogP) is 3.26. The Morgan fingerprint density at radius 2 is 1.96 bits per heavy atom. The van der Waals surface area contributed by atoms with Crippen molar-refractivity contribution in [2.75, 3.05) is 13.1 Å². The summed E-state index contributed by atoms with van der Waals surface area (Å²) in [6.07, 6.45) is 6.03. The van der Waals surface area contributed by atoms with E-state index in [1.165, 1.54) is 12.1 Å². The number of nitrogens with one attached hydrogen (secondary N) is 2. The van der Waals surface area contributed by atoms with Crippen molar-refractivity contribution in [3.05, 3.63) is 48.5 Å². The molecule has 0 aliphatic carbocycles. The number of phenols is 1. The van der Waals surface area contributed by atoms with Gasteiger partial charge < -0.3 is 10.4 Å². The number of H-pyrrole nitrogens is 1. The lowest BCUT2D eigenvalue weighted by molar-refractivity contribution is 0.343. The number of aromatic nitrogens is 5. The molecule has 0 atom stereocenters. The summed E-state index contributed by atoms with van der Waals surface area (Å²) in [6.45, 7) is 2.02. The molecule has 1 saturated heterocycles. The number of hydrogen-bond acceptors (Lipinski definition) is 5. The van der Waals surface area contributed by atoms with Crippen LogP contribution in [0.3, 0.4) is 0 Å². The Labute approximate surface area is 160 Å². The van der Waals surface area contributed by atoms with Crippen molar-refractivity contribution < 1.29 is 9.50 Å². The van der Waals surface area contributed by atoms with Crippen LogP contribution in [0.2, 0.25) is 0 Å². The van der Waals surface area contributed by atoms with E-state index in [9.17, 15) is 9.50 Å². The first kappa shape index (κ1) is 16.9. The second kappa shape index (κ2) is 6.72. The maximum atomic E-state index is 13.6. The van der Waals surface area contributed by atoms with Gasteiger partial charge in [-0.15, -0.1) is 0 Å². The Hall–Kier alpha value is -3.26. The van der Waals surface area contributed by atoms with Gasteiger partial charge in [0.25, 0.3) is 0 Å². The van der Waals surface area contributed by atoms with Gasteiger partial charge in [0.05, 0.1) is 23.6 Å². The van der Waals surface area contributed by atoms with E-state index in [2.05, 4.69) is 25.6 Å². The number of phenolic OH excluding ortho intramolecular Hbond substituents is 1. The van der Waals surface area contributed by atoms with Gasteiger partial charge in [-0.1, -0.05) is 0 Å². The van der Waals surface area contributed by atoms with Crippen LogP contribution in [-0.2, 0) is 0 Å². The highest BCUT2D eigenvalue weighted by Gasteiger charge is 2.18. The van der Waals surface area contributed by atoms with Crippen molar-refractivity contribution in [2.24, 2.45) is 0 Å². The zero-order chi connectivity index (χ0) is 19.1. The van der Waals surface area contributed by atoms with Crippen LogP contribution in [0.4, 0.5) is 4.39 Å². The zero-order valence-electron chi connectivity index (χ0n) is 15.1. The monoisotopic (exact) mass is 378 g/mol. The summed E-state index contributed by atoms with van der Waals surface area (Å²) in [5.41, 5.74) is 3.56. The van der Waals surface area contributed by atoms with E-state index in [4.69, 9.17) is 0 Å². The Morgan fingerprint density at radius 3 is 2.79 bits per heavy atom. The minimum absolute atomic E-state index is 0.377. The summed E-state index contributed by atoms with van der Waals surface area (Å²) < 4.78 is 15.7. The maximum absolute atomic E-state index is 13.6. The molecular weight excluding hydrogens is 359 g/mol. The van der Waals surface area contributed by atoms with Gasteiger partial charge in [0, 0.05) is 22.7 Å². The summed E-state index contributed by atoms with van der Waals surface area (Å²) in [5.74, 6) is -1.05. The molecule has 5 rings (SSSR count). The van der Waals surface area contributed by atoms with Crippen molar-refractivity contribution in [1.82, 2.24) is 30.3 Å². The molecule has 8 heteroatoms. The topological polar surface area (TPSA) is 91.7 Å². The second-order valence-corrected chi connectivity index (χ2v) is 7.02. The molecule has 1 aromatic carbocycles. The van der Waals surface area contributed by atoms with Crippen molar-refractivity contribution in [1.29, 1.82) is 0 Å². The first-order chi connectivity index (χ1) is 13.7. The average Bonchev–Trinajstić information content (AvgIpc) is 3.37. The van der Waals surface area contributed by atoms with E-state index in [0.29, 0.717) is 22.9 Å². The van der Waals surface area contributed by atoms with Crippen molar-refractivity contribution in [3.63, 3.8) is 0 Å². The van der Waals surface area contributed by atoms with E-state index in [1.54, 1.807) is 6.07 Å². The summed E-state index contributed by atoms with van der Waals surface area (Å²) >= 11 is 0. The number of aromatic hydroxyl groups is 1. The Kier molecular flexibility index (Phi) is 4.05. The lowest BCUT2D eigenvalue weighted by Crippen LogP contribution is -2.29. The lowest BCUT2D eigenvalue weighted by atomic mass is 10.1. The largest absolute Gasteiger partial charge is 0.505 e. The molecule has 1 fully saturated rings. The standard InChI is InChI=1S/C20H19FN6O/c21-16-9-12(1-4-18(16)28)17-3-2-15-19(25-26-20(15)24-17)13-10-23-27(11-13)14-5-7-22-8-6-14/h1-4,9-11,14,22,28H,5-8H2,(H,24,25,26). The van der Waals surface area contributed by atoms with E-state index in [0.717, 1.165) is 42.6 Å². The molecule has 0 bridgehead atoms. The van der Waals surface area contributed by atoms with Crippen molar-refractivity contribution in [2.45, 2.75) is 18.9 Å². The molecule has 4 heterocycles. The highest BCUT2D eigenvalue weighted by molar-refractivity contribution is 5.91. The number of fused-ring (bicyclic) bond motifs is 1. The highest BCUT2D eigenvalue weighted by Crippen LogP contribution is 2.30. The lowest BCUT2D eigenvalue weighted by Gasteiger charge is -2.22. The number of pyridine rings is 1. The number of hydrogen-bond donors (Lipinski definition) is 3. The zero-order valence-corrected chi connectivity index (χ0v) is 15.1. The molecule has 4 aromatic rings. The predicted molar refractivity (Wildman–Crippen MR) is 103 cm³/mol. The number of benzene rings is 1. The molecule has 0 saturated carbocycles. The number of halogens is 1.